The maximum atomic E-state index is 13.3. The molecule has 1 heterocycles. The summed E-state index contributed by atoms with van der Waals surface area (Å²) in [5.74, 6) is 4.21. The lowest BCUT2D eigenvalue weighted by atomic mass is 9.99. The SMILES string of the molecule is C#CCOc1ccc2c(c1)c(-c1ccc(C(C)C)cc1)nc(=O)n2-c1cccc(OCC)c1. The smallest absolute Gasteiger partial charge is 0.353 e. The van der Waals surface area contributed by atoms with Crippen molar-refractivity contribution in [1.82, 2.24) is 9.55 Å². The molecule has 5 nitrogen and oxygen atoms in total. The number of ether oxygens (including phenoxy) is 2. The van der Waals surface area contributed by atoms with E-state index in [4.69, 9.17) is 15.9 Å². The van der Waals surface area contributed by atoms with E-state index in [1.807, 2.05) is 61.5 Å². The Kier molecular flexibility index (Phi) is 6.46. The van der Waals surface area contributed by atoms with Crippen LogP contribution >= 0.6 is 0 Å². The van der Waals surface area contributed by atoms with E-state index in [2.05, 4.69) is 36.9 Å². The molecule has 0 saturated carbocycles. The number of nitrogens with zero attached hydrogens (tertiary/aromatic N) is 2. The minimum absolute atomic E-state index is 0.160. The zero-order valence-electron chi connectivity index (χ0n) is 19.0. The summed E-state index contributed by atoms with van der Waals surface area (Å²) in [6.07, 6.45) is 5.36. The maximum Gasteiger partial charge on any atom is 0.353 e. The molecule has 5 heteroatoms. The average molecular weight is 439 g/mol. The number of rotatable bonds is 7. The van der Waals surface area contributed by atoms with Crippen LogP contribution in [0.1, 0.15) is 32.3 Å². The molecule has 0 aliphatic heterocycles. The highest BCUT2D eigenvalue weighted by atomic mass is 16.5. The Balaban J connectivity index is 1.95. The van der Waals surface area contributed by atoms with Crippen LogP contribution in [0.3, 0.4) is 0 Å². The van der Waals surface area contributed by atoms with Crippen LogP contribution in [0.25, 0.3) is 27.8 Å². The number of fused-ring (bicyclic) bond motifs is 1. The van der Waals surface area contributed by atoms with Gasteiger partial charge in [0.25, 0.3) is 0 Å². The third kappa shape index (κ3) is 4.61. The average Bonchev–Trinajstić information content (AvgIpc) is 2.82. The molecular weight excluding hydrogens is 412 g/mol. The third-order valence-corrected chi connectivity index (χ3v) is 5.42. The van der Waals surface area contributed by atoms with Crippen molar-refractivity contribution in [2.75, 3.05) is 13.2 Å². The van der Waals surface area contributed by atoms with E-state index in [-0.39, 0.29) is 12.3 Å². The molecule has 3 aromatic carbocycles. The Labute approximate surface area is 193 Å². The molecule has 0 fully saturated rings. The molecule has 0 radical (unpaired) electrons. The van der Waals surface area contributed by atoms with Gasteiger partial charge in [0.05, 0.1) is 23.5 Å². The Hall–Kier alpha value is -4.04. The Morgan fingerprint density at radius 1 is 1.00 bits per heavy atom. The zero-order valence-corrected chi connectivity index (χ0v) is 19.0. The first-order valence-corrected chi connectivity index (χ1v) is 11.0. The van der Waals surface area contributed by atoms with Crippen molar-refractivity contribution < 1.29 is 9.47 Å². The van der Waals surface area contributed by atoms with Crippen molar-refractivity contribution in [3.05, 3.63) is 82.8 Å². The Morgan fingerprint density at radius 3 is 2.45 bits per heavy atom. The molecule has 0 N–H and O–H groups in total. The largest absolute Gasteiger partial charge is 0.494 e. The highest BCUT2D eigenvalue weighted by Gasteiger charge is 2.15. The van der Waals surface area contributed by atoms with E-state index in [9.17, 15) is 4.79 Å². The summed E-state index contributed by atoms with van der Waals surface area (Å²) in [5, 5.41) is 0.795. The first-order valence-electron chi connectivity index (χ1n) is 11.0. The highest BCUT2D eigenvalue weighted by Crippen LogP contribution is 2.31. The summed E-state index contributed by atoms with van der Waals surface area (Å²) in [4.78, 5) is 17.8. The molecule has 166 valence electrons. The predicted molar refractivity (Wildman–Crippen MR) is 132 cm³/mol. The van der Waals surface area contributed by atoms with Crippen molar-refractivity contribution in [3.63, 3.8) is 0 Å². The zero-order chi connectivity index (χ0) is 23.4. The van der Waals surface area contributed by atoms with Gasteiger partial charge in [-0.05, 0) is 48.7 Å². The number of hydrogen-bond acceptors (Lipinski definition) is 4. The van der Waals surface area contributed by atoms with Crippen LogP contribution in [0, 0.1) is 12.3 Å². The van der Waals surface area contributed by atoms with E-state index in [1.54, 1.807) is 4.57 Å². The quantitative estimate of drug-likeness (QED) is 0.353. The summed E-state index contributed by atoms with van der Waals surface area (Å²) < 4.78 is 12.9. The van der Waals surface area contributed by atoms with Gasteiger partial charge in [0.15, 0.2) is 0 Å². The Morgan fingerprint density at radius 2 is 1.76 bits per heavy atom. The molecule has 0 spiro atoms. The second-order valence-electron chi connectivity index (χ2n) is 7.96. The van der Waals surface area contributed by atoms with Crippen LogP contribution < -0.4 is 15.2 Å². The van der Waals surface area contributed by atoms with Gasteiger partial charge in [-0.3, -0.25) is 4.57 Å². The van der Waals surface area contributed by atoms with Gasteiger partial charge in [-0.2, -0.15) is 4.98 Å². The van der Waals surface area contributed by atoms with Crippen molar-refractivity contribution in [2.24, 2.45) is 0 Å². The standard InChI is InChI=1S/C28H26N2O3/c1-5-16-33-24-14-15-26-25(18-24)27(21-12-10-20(11-13-21)19(3)4)29-28(31)30(26)22-8-7-9-23(17-22)32-6-2/h1,7-15,17-19H,6,16H2,2-4H3. The van der Waals surface area contributed by atoms with Gasteiger partial charge in [0.2, 0.25) is 0 Å². The molecule has 0 aliphatic rings. The van der Waals surface area contributed by atoms with E-state index in [0.29, 0.717) is 35.4 Å². The molecule has 33 heavy (non-hydrogen) atoms. The molecule has 0 bridgehead atoms. The van der Waals surface area contributed by atoms with Gasteiger partial charge >= 0.3 is 5.69 Å². The van der Waals surface area contributed by atoms with Crippen LogP contribution in [0.5, 0.6) is 11.5 Å². The molecule has 4 aromatic rings. The molecule has 0 unspecified atom stereocenters. The van der Waals surface area contributed by atoms with Crippen molar-refractivity contribution in [1.29, 1.82) is 0 Å². The second kappa shape index (κ2) is 9.62. The van der Waals surface area contributed by atoms with Crippen LogP contribution in [0.15, 0.2) is 71.5 Å². The minimum Gasteiger partial charge on any atom is -0.494 e. The lowest BCUT2D eigenvalue weighted by Crippen LogP contribution is -2.22. The van der Waals surface area contributed by atoms with Crippen LogP contribution in [0.4, 0.5) is 0 Å². The normalized spacial score (nSPS) is 10.9. The summed E-state index contributed by atoms with van der Waals surface area (Å²) in [6.45, 7) is 6.92. The first kappa shape index (κ1) is 22.2. The minimum atomic E-state index is -0.364. The fourth-order valence-corrected chi connectivity index (χ4v) is 3.80. The van der Waals surface area contributed by atoms with Crippen molar-refractivity contribution >= 4 is 10.9 Å². The van der Waals surface area contributed by atoms with Gasteiger partial charge < -0.3 is 9.47 Å². The highest BCUT2D eigenvalue weighted by molar-refractivity contribution is 5.94. The second-order valence-corrected chi connectivity index (χ2v) is 7.96. The van der Waals surface area contributed by atoms with E-state index in [0.717, 1.165) is 16.5 Å². The lowest BCUT2D eigenvalue weighted by Gasteiger charge is -2.15. The van der Waals surface area contributed by atoms with Gasteiger partial charge in [-0.15, -0.1) is 6.42 Å². The summed E-state index contributed by atoms with van der Waals surface area (Å²) >= 11 is 0. The fraction of sp³-hybridized carbons (Fsp3) is 0.214. The molecular formula is C28H26N2O3. The predicted octanol–water partition coefficient (Wildman–Crippen LogP) is 5.59. The monoisotopic (exact) mass is 438 g/mol. The fourth-order valence-electron chi connectivity index (χ4n) is 3.80. The summed E-state index contributed by atoms with van der Waals surface area (Å²) in [6, 6.07) is 21.1. The molecule has 0 amide bonds. The van der Waals surface area contributed by atoms with Crippen molar-refractivity contribution in [3.8, 4) is 40.8 Å². The van der Waals surface area contributed by atoms with Gasteiger partial charge in [-0.1, -0.05) is 50.1 Å². The molecule has 0 aliphatic carbocycles. The number of terminal acetylenes is 1. The maximum absolute atomic E-state index is 13.3. The van der Waals surface area contributed by atoms with E-state index >= 15 is 0 Å². The number of benzene rings is 3. The van der Waals surface area contributed by atoms with Gasteiger partial charge in [0, 0.05) is 17.0 Å². The van der Waals surface area contributed by atoms with Crippen LogP contribution in [0.2, 0.25) is 0 Å². The number of aromatic nitrogens is 2. The van der Waals surface area contributed by atoms with Gasteiger partial charge in [0.1, 0.15) is 18.1 Å². The number of hydrogen-bond donors (Lipinski definition) is 0. The molecule has 0 atom stereocenters. The van der Waals surface area contributed by atoms with Crippen LogP contribution in [-0.4, -0.2) is 22.8 Å². The third-order valence-electron chi connectivity index (χ3n) is 5.42. The Bertz CT molecular complexity index is 1380. The molecule has 4 rings (SSSR count). The molecule has 1 aromatic heterocycles. The van der Waals surface area contributed by atoms with Gasteiger partial charge in [-0.25, -0.2) is 4.79 Å². The summed E-state index contributed by atoms with van der Waals surface area (Å²) in [5.41, 5.74) is 3.74. The lowest BCUT2D eigenvalue weighted by molar-refractivity contribution is 0.340. The van der Waals surface area contributed by atoms with E-state index in [1.165, 1.54) is 5.56 Å². The summed E-state index contributed by atoms with van der Waals surface area (Å²) in [7, 11) is 0. The van der Waals surface area contributed by atoms with E-state index < -0.39 is 0 Å². The van der Waals surface area contributed by atoms with Crippen molar-refractivity contribution in [2.45, 2.75) is 26.7 Å². The topological polar surface area (TPSA) is 53.3 Å². The molecule has 0 saturated heterocycles. The first-order chi connectivity index (χ1) is 16.0. The van der Waals surface area contributed by atoms with Crippen LogP contribution in [-0.2, 0) is 0 Å².